The first-order valence-electron chi connectivity index (χ1n) is 7.82. The second-order valence-electron chi connectivity index (χ2n) is 5.87. The van der Waals surface area contributed by atoms with Crippen LogP contribution in [0.5, 0.6) is 5.75 Å². The molecular formula is C20H20N2O2. The number of rotatable bonds is 4. The van der Waals surface area contributed by atoms with E-state index < -0.39 is 0 Å². The number of nitrogens with zero attached hydrogens (tertiary/aromatic N) is 2. The van der Waals surface area contributed by atoms with E-state index in [0.717, 1.165) is 27.8 Å². The van der Waals surface area contributed by atoms with Crippen LogP contribution in [0.4, 0.5) is 0 Å². The predicted octanol–water partition coefficient (Wildman–Crippen LogP) is 3.82. The molecular weight excluding hydrogens is 300 g/mol. The highest BCUT2D eigenvalue weighted by molar-refractivity contribution is 5.92. The minimum atomic E-state index is -0.0754. The van der Waals surface area contributed by atoms with E-state index in [1.165, 1.54) is 0 Å². The summed E-state index contributed by atoms with van der Waals surface area (Å²) in [5.74, 6) is 0.765. The summed E-state index contributed by atoms with van der Waals surface area (Å²) in [5.41, 5.74) is 2.40. The van der Waals surface area contributed by atoms with Crippen molar-refractivity contribution in [2.75, 3.05) is 14.2 Å². The van der Waals surface area contributed by atoms with E-state index in [-0.39, 0.29) is 5.91 Å². The summed E-state index contributed by atoms with van der Waals surface area (Å²) >= 11 is 0. The molecule has 0 radical (unpaired) electrons. The molecule has 0 atom stereocenters. The molecule has 0 saturated carbocycles. The number of carbonyl (C=O) groups excluding carboxylic acids is 1. The number of fused-ring (bicyclic) bond motifs is 1. The lowest BCUT2D eigenvalue weighted by Crippen LogP contribution is -2.27. The van der Waals surface area contributed by atoms with Crippen molar-refractivity contribution in [1.29, 1.82) is 0 Å². The number of pyridine rings is 1. The molecule has 0 aliphatic rings. The van der Waals surface area contributed by atoms with Crippen molar-refractivity contribution in [1.82, 2.24) is 9.88 Å². The standard InChI is InChI=1S/C20H20N2O2/c1-14-5-4-6-19(21-14)20(23)22(2)13-15-7-8-17-12-18(24-3)10-9-16(17)11-15/h4-12H,13H2,1-3H3. The molecule has 1 heterocycles. The normalized spacial score (nSPS) is 10.6. The van der Waals surface area contributed by atoms with Crippen LogP contribution >= 0.6 is 0 Å². The molecule has 122 valence electrons. The first kappa shape index (κ1) is 16.0. The summed E-state index contributed by atoms with van der Waals surface area (Å²) in [6, 6.07) is 17.7. The van der Waals surface area contributed by atoms with Crippen LogP contribution in [0.1, 0.15) is 21.7 Å². The Hall–Kier alpha value is -2.88. The van der Waals surface area contributed by atoms with Crippen molar-refractivity contribution in [3.63, 3.8) is 0 Å². The van der Waals surface area contributed by atoms with Crippen molar-refractivity contribution >= 4 is 16.7 Å². The van der Waals surface area contributed by atoms with Gasteiger partial charge < -0.3 is 9.64 Å². The van der Waals surface area contributed by atoms with E-state index >= 15 is 0 Å². The summed E-state index contributed by atoms with van der Waals surface area (Å²) in [5, 5.41) is 2.25. The number of hydrogen-bond acceptors (Lipinski definition) is 3. The Morgan fingerprint density at radius 1 is 1.08 bits per heavy atom. The smallest absolute Gasteiger partial charge is 0.272 e. The van der Waals surface area contributed by atoms with Crippen molar-refractivity contribution in [3.05, 3.63) is 71.5 Å². The average Bonchev–Trinajstić information content (AvgIpc) is 2.60. The molecule has 2 aromatic carbocycles. The van der Waals surface area contributed by atoms with Gasteiger partial charge in [-0.1, -0.05) is 24.3 Å². The molecule has 1 amide bonds. The SMILES string of the molecule is COc1ccc2cc(CN(C)C(=O)c3cccc(C)n3)ccc2c1. The lowest BCUT2D eigenvalue weighted by Gasteiger charge is -2.17. The van der Waals surface area contributed by atoms with Crippen molar-refractivity contribution in [3.8, 4) is 5.75 Å². The van der Waals surface area contributed by atoms with Gasteiger partial charge in [-0.3, -0.25) is 4.79 Å². The van der Waals surface area contributed by atoms with E-state index in [1.54, 1.807) is 25.1 Å². The molecule has 0 bridgehead atoms. The second kappa shape index (κ2) is 6.71. The Kier molecular flexibility index (Phi) is 4.47. The van der Waals surface area contributed by atoms with Crippen molar-refractivity contribution in [2.45, 2.75) is 13.5 Å². The van der Waals surface area contributed by atoms with E-state index in [2.05, 4.69) is 17.1 Å². The van der Waals surface area contributed by atoms with Gasteiger partial charge in [0.2, 0.25) is 0 Å². The number of carbonyl (C=O) groups is 1. The molecule has 0 saturated heterocycles. The second-order valence-corrected chi connectivity index (χ2v) is 5.87. The molecule has 3 aromatic rings. The number of methoxy groups -OCH3 is 1. The molecule has 4 nitrogen and oxygen atoms in total. The zero-order valence-electron chi connectivity index (χ0n) is 14.1. The van der Waals surface area contributed by atoms with Crippen molar-refractivity contribution < 1.29 is 9.53 Å². The van der Waals surface area contributed by atoms with Gasteiger partial charge in [-0.2, -0.15) is 0 Å². The van der Waals surface area contributed by atoms with Gasteiger partial charge in [0.25, 0.3) is 5.91 Å². The van der Waals surface area contributed by atoms with Crippen LogP contribution < -0.4 is 4.74 Å². The first-order chi connectivity index (χ1) is 11.6. The number of benzene rings is 2. The van der Waals surface area contributed by atoms with E-state index in [0.29, 0.717) is 12.2 Å². The first-order valence-corrected chi connectivity index (χ1v) is 7.82. The fraction of sp³-hybridized carbons (Fsp3) is 0.200. The third-order valence-corrected chi connectivity index (χ3v) is 3.99. The number of amides is 1. The molecule has 0 aliphatic heterocycles. The molecule has 0 aliphatic carbocycles. The molecule has 3 rings (SSSR count). The molecule has 0 unspecified atom stereocenters. The van der Waals surface area contributed by atoms with Gasteiger partial charge in [-0.15, -0.1) is 0 Å². The van der Waals surface area contributed by atoms with Gasteiger partial charge in [-0.05, 0) is 53.6 Å². The van der Waals surface area contributed by atoms with Gasteiger partial charge in [0, 0.05) is 19.3 Å². The Morgan fingerprint density at radius 3 is 2.58 bits per heavy atom. The topological polar surface area (TPSA) is 42.4 Å². The van der Waals surface area contributed by atoms with E-state index in [4.69, 9.17) is 4.74 Å². The highest BCUT2D eigenvalue weighted by Crippen LogP contribution is 2.22. The fourth-order valence-electron chi connectivity index (χ4n) is 2.70. The highest BCUT2D eigenvalue weighted by Gasteiger charge is 2.13. The molecule has 0 spiro atoms. The Balaban J connectivity index is 1.79. The third-order valence-electron chi connectivity index (χ3n) is 3.99. The molecule has 0 N–H and O–H groups in total. The van der Waals surface area contributed by atoms with Crippen LogP contribution in [0.15, 0.2) is 54.6 Å². The quantitative estimate of drug-likeness (QED) is 0.734. The molecule has 1 aromatic heterocycles. The Labute approximate surface area is 141 Å². The van der Waals surface area contributed by atoms with Crippen LogP contribution in [-0.4, -0.2) is 29.9 Å². The number of ether oxygens (including phenoxy) is 1. The lowest BCUT2D eigenvalue weighted by molar-refractivity contribution is 0.0779. The van der Waals surface area contributed by atoms with Gasteiger partial charge in [0.05, 0.1) is 7.11 Å². The van der Waals surface area contributed by atoms with Crippen molar-refractivity contribution in [2.24, 2.45) is 0 Å². The summed E-state index contributed by atoms with van der Waals surface area (Å²) < 4.78 is 5.25. The number of aromatic nitrogens is 1. The predicted molar refractivity (Wildman–Crippen MR) is 95.3 cm³/mol. The average molecular weight is 320 g/mol. The fourth-order valence-corrected chi connectivity index (χ4v) is 2.70. The monoisotopic (exact) mass is 320 g/mol. The van der Waals surface area contributed by atoms with Crippen LogP contribution in [0.3, 0.4) is 0 Å². The van der Waals surface area contributed by atoms with Crippen LogP contribution in [0.25, 0.3) is 10.8 Å². The van der Waals surface area contributed by atoms with Gasteiger partial charge in [0.1, 0.15) is 11.4 Å². The van der Waals surface area contributed by atoms with Crippen LogP contribution in [0.2, 0.25) is 0 Å². The maximum atomic E-state index is 12.5. The molecule has 24 heavy (non-hydrogen) atoms. The van der Waals surface area contributed by atoms with Gasteiger partial charge >= 0.3 is 0 Å². The summed E-state index contributed by atoms with van der Waals surface area (Å²) in [4.78, 5) is 18.5. The number of aryl methyl sites for hydroxylation is 1. The minimum absolute atomic E-state index is 0.0754. The summed E-state index contributed by atoms with van der Waals surface area (Å²) in [6.45, 7) is 2.42. The Bertz CT molecular complexity index is 890. The number of hydrogen-bond donors (Lipinski definition) is 0. The Morgan fingerprint density at radius 2 is 1.83 bits per heavy atom. The molecule has 4 heteroatoms. The summed E-state index contributed by atoms with van der Waals surface area (Å²) in [7, 11) is 3.46. The zero-order valence-corrected chi connectivity index (χ0v) is 14.1. The third kappa shape index (κ3) is 3.38. The minimum Gasteiger partial charge on any atom is -0.497 e. The molecule has 0 fully saturated rings. The maximum Gasteiger partial charge on any atom is 0.272 e. The van der Waals surface area contributed by atoms with E-state index in [1.807, 2.05) is 43.3 Å². The van der Waals surface area contributed by atoms with Gasteiger partial charge in [0.15, 0.2) is 0 Å². The van der Waals surface area contributed by atoms with E-state index in [9.17, 15) is 4.79 Å². The van der Waals surface area contributed by atoms with Gasteiger partial charge in [-0.25, -0.2) is 4.98 Å². The largest absolute Gasteiger partial charge is 0.497 e. The summed E-state index contributed by atoms with van der Waals surface area (Å²) in [6.07, 6.45) is 0. The highest BCUT2D eigenvalue weighted by atomic mass is 16.5. The maximum absolute atomic E-state index is 12.5. The zero-order chi connectivity index (χ0) is 17.1. The lowest BCUT2D eigenvalue weighted by atomic mass is 10.1. The van der Waals surface area contributed by atoms with Crippen LogP contribution in [-0.2, 0) is 6.54 Å². The van der Waals surface area contributed by atoms with Crippen LogP contribution in [0, 0.1) is 6.92 Å².